The maximum atomic E-state index is 13.7. The van der Waals surface area contributed by atoms with Crippen LogP contribution in [-0.4, -0.2) is 90.4 Å². The third-order valence-corrected chi connectivity index (χ3v) is 8.04. The van der Waals surface area contributed by atoms with Crippen LogP contribution in [0.5, 0.6) is 5.75 Å². The van der Waals surface area contributed by atoms with Crippen molar-refractivity contribution in [3.05, 3.63) is 65.7 Å². The SMILES string of the molecule is COc1ccc(CCNC(=O)C(=O)[C@H](CCCN=C(N)N)NC(=O)[C@@H]2CCN3CC[C@@](N)(Cc4ccccc4)C(=O)N23)cc1. The maximum absolute atomic E-state index is 13.7. The number of carbonyl (C=O) groups is 4. The number of rotatable bonds is 14. The van der Waals surface area contributed by atoms with Gasteiger partial charge < -0.3 is 32.6 Å². The van der Waals surface area contributed by atoms with E-state index in [1.165, 1.54) is 5.01 Å². The predicted molar refractivity (Wildman–Crippen MR) is 165 cm³/mol. The van der Waals surface area contributed by atoms with Crippen molar-refractivity contribution >= 4 is 29.5 Å². The lowest BCUT2D eigenvalue weighted by Gasteiger charge is -2.44. The van der Waals surface area contributed by atoms with E-state index in [0.717, 1.165) is 16.9 Å². The summed E-state index contributed by atoms with van der Waals surface area (Å²) in [7, 11) is 1.58. The Morgan fingerprint density at radius 3 is 2.48 bits per heavy atom. The van der Waals surface area contributed by atoms with Crippen LogP contribution in [0.1, 0.15) is 36.8 Å². The summed E-state index contributed by atoms with van der Waals surface area (Å²) in [5.41, 5.74) is 18.2. The minimum atomic E-state index is -1.17. The van der Waals surface area contributed by atoms with Gasteiger partial charge in [0.1, 0.15) is 17.3 Å². The monoisotopic (exact) mass is 606 g/mol. The highest BCUT2D eigenvalue weighted by molar-refractivity contribution is 6.38. The van der Waals surface area contributed by atoms with Crippen molar-refractivity contribution in [1.29, 1.82) is 0 Å². The number of nitrogens with two attached hydrogens (primary N) is 3. The molecule has 0 saturated carbocycles. The zero-order valence-electron chi connectivity index (χ0n) is 25.0. The van der Waals surface area contributed by atoms with Gasteiger partial charge in [-0.15, -0.1) is 0 Å². The zero-order chi connectivity index (χ0) is 31.7. The summed E-state index contributed by atoms with van der Waals surface area (Å²) in [6.45, 7) is 1.47. The molecule has 2 aromatic rings. The number of aliphatic imine (C=N–C) groups is 1. The number of nitrogens with one attached hydrogen (secondary N) is 2. The number of carbonyl (C=O) groups excluding carboxylic acids is 4. The van der Waals surface area contributed by atoms with Gasteiger partial charge in [-0.1, -0.05) is 42.5 Å². The first-order valence-electron chi connectivity index (χ1n) is 14.8. The third-order valence-electron chi connectivity index (χ3n) is 8.04. The van der Waals surface area contributed by atoms with Gasteiger partial charge in [0, 0.05) is 26.2 Å². The number of nitrogens with zero attached hydrogens (tertiary/aromatic N) is 3. The molecule has 4 rings (SSSR count). The second-order valence-corrected chi connectivity index (χ2v) is 11.2. The van der Waals surface area contributed by atoms with Crippen LogP contribution in [0, 0.1) is 0 Å². The number of ether oxygens (including phenoxy) is 1. The fourth-order valence-corrected chi connectivity index (χ4v) is 5.62. The lowest BCUT2D eigenvalue weighted by Crippen LogP contribution is -2.67. The van der Waals surface area contributed by atoms with Crippen molar-refractivity contribution in [3.8, 4) is 5.75 Å². The number of hydrogen-bond acceptors (Lipinski definition) is 8. The van der Waals surface area contributed by atoms with E-state index in [1.54, 1.807) is 7.11 Å². The molecule has 0 radical (unpaired) electrons. The normalized spacial score (nSPS) is 20.4. The number of hydrogen-bond donors (Lipinski definition) is 5. The first-order valence-corrected chi connectivity index (χ1v) is 14.8. The standard InChI is InChI=1S/C31H42N8O5/c1-44-23-11-9-21(10-12-23)13-17-35-28(42)26(40)24(8-5-16-36-30(32)33)37-27(41)25-14-18-38-19-15-31(34,29(43)39(25)38)20-22-6-3-2-4-7-22/h2-4,6-7,9-12,24-25H,5,8,13-20,34H2,1H3,(H,35,42)(H,37,41)(H4,32,33,36)/t24-,25-,31+/m0/s1. The quantitative estimate of drug-likeness (QED) is 0.0824. The summed E-state index contributed by atoms with van der Waals surface area (Å²) in [6, 6.07) is 14.9. The molecule has 2 aromatic carbocycles. The van der Waals surface area contributed by atoms with Crippen molar-refractivity contribution < 1.29 is 23.9 Å². The Labute approximate surface area is 257 Å². The molecule has 3 atom stereocenters. The third kappa shape index (κ3) is 8.11. The Kier molecular flexibility index (Phi) is 10.9. The van der Waals surface area contributed by atoms with E-state index < -0.39 is 35.2 Å². The molecule has 13 heteroatoms. The molecule has 0 unspecified atom stereocenters. The highest BCUT2D eigenvalue weighted by Gasteiger charge is 2.51. The molecule has 0 aromatic heterocycles. The summed E-state index contributed by atoms with van der Waals surface area (Å²) in [5.74, 6) is -1.82. The largest absolute Gasteiger partial charge is 0.497 e. The highest BCUT2D eigenvalue weighted by Crippen LogP contribution is 2.31. The zero-order valence-corrected chi connectivity index (χ0v) is 25.0. The van der Waals surface area contributed by atoms with Crippen LogP contribution in [0.3, 0.4) is 0 Å². The van der Waals surface area contributed by atoms with Crippen LogP contribution >= 0.6 is 0 Å². The van der Waals surface area contributed by atoms with E-state index in [0.29, 0.717) is 45.2 Å². The van der Waals surface area contributed by atoms with Crippen molar-refractivity contribution in [1.82, 2.24) is 20.7 Å². The van der Waals surface area contributed by atoms with E-state index in [2.05, 4.69) is 15.6 Å². The van der Waals surface area contributed by atoms with Gasteiger partial charge in [0.05, 0.1) is 13.2 Å². The number of Topliss-reactive ketones (excluding diaryl/α,β-unsaturated/α-hetero) is 1. The van der Waals surface area contributed by atoms with Crippen molar-refractivity contribution in [3.63, 3.8) is 0 Å². The lowest BCUT2D eigenvalue weighted by molar-refractivity contribution is -0.165. The number of methoxy groups -OCH3 is 1. The van der Waals surface area contributed by atoms with E-state index >= 15 is 0 Å². The predicted octanol–water partition coefficient (Wildman–Crippen LogP) is -0.377. The first kappa shape index (κ1) is 32.4. The lowest BCUT2D eigenvalue weighted by atomic mass is 9.85. The number of ketones is 1. The Morgan fingerprint density at radius 1 is 1.07 bits per heavy atom. The van der Waals surface area contributed by atoms with Crippen LogP contribution < -0.4 is 32.6 Å². The molecule has 2 fully saturated rings. The van der Waals surface area contributed by atoms with Gasteiger partial charge in [-0.2, -0.15) is 0 Å². The number of fused-ring (bicyclic) bond motifs is 1. The second-order valence-electron chi connectivity index (χ2n) is 11.2. The van der Waals surface area contributed by atoms with Crippen LogP contribution in [-0.2, 0) is 32.0 Å². The molecule has 44 heavy (non-hydrogen) atoms. The Bertz CT molecular complexity index is 1350. The molecule has 0 aliphatic carbocycles. The van der Waals surface area contributed by atoms with E-state index in [9.17, 15) is 19.2 Å². The summed E-state index contributed by atoms with van der Waals surface area (Å²) in [4.78, 5) is 57.4. The van der Waals surface area contributed by atoms with Crippen LogP contribution in [0.2, 0.25) is 0 Å². The van der Waals surface area contributed by atoms with E-state index in [1.807, 2.05) is 59.6 Å². The van der Waals surface area contributed by atoms with Crippen LogP contribution in [0.4, 0.5) is 0 Å². The maximum Gasteiger partial charge on any atom is 0.289 e. The second kappa shape index (κ2) is 14.8. The fraction of sp³-hybridized carbons (Fsp3) is 0.452. The summed E-state index contributed by atoms with van der Waals surface area (Å²) < 4.78 is 5.16. The van der Waals surface area contributed by atoms with Crippen molar-refractivity contribution in [2.45, 2.75) is 56.1 Å². The topological polar surface area (TPSA) is 198 Å². The first-order chi connectivity index (χ1) is 21.1. The van der Waals surface area contributed by atoms with E-state index in [4.69, 9.17) is 21.9 Å². The molecule has 2 aliphatic rings. The molecule has 236 valence electrons. The molecule has 2 saturated heterocycles. The summed E-state index contributed by atoms with van der Waals surface area (Å²) in [6.07, 6.45) is 2.15. The Morgan fingerprint density at radius 2 is 1.80 bits per heavy atom. The molecular weight excluding hydrogens is 564 g/mol. The number of amides is 3. The number of guanidine groups is 1. The average Bonchev–Trinajstić information content (AvgIpc) is 3.46. The molecule has 13 nitrogen and oxygen atoms in total. The Hall–Kier alpha value is -4.49. The van der Waals surface area contributed by atoms with Gasteiger partial charge in [0.15, 0.2) is 5.96 Å². The molecule has 8 N–H and O–H groups in total. The summed E-state index contributed by atoms with van der Waals surface area (Å²) >= 11 is 0. The van der Waals surface area contributed by atoms with Gasteiger partial charge in [-0.25, -0.2) is 5.01 Å². The van der Waals surface area contributed by atoms with Crippen molar-refractivity contribution in [2.24, 2.45) is 22.2 Å². The highest BCUT2D eigenvalue weighted by atomic mass is 16.5. The molecule has 2 aliphatic heterocycles. The van der Waals surface area contributed by atoms with Gasteiger partial charge in [-0.3, -0.25) is 29.2 Å². The molecular formula is C31H42N8O5. The van der Waals surface area contributed by atoms with Gasteiger partial charge in [-0.05, 0) is 61.8 Å². The smallest absolute Gasteiger partial charge is 0.289 e. The van der Waals surface area contributed by atoms with Crippen molar-refractivity contribution in [2.75, 3.05) is 33.3 Å². The molecule has 0 bridgehead atoms. The number of hydrazine groups is 1. The minimum Gasteiger partial charge on any atom is -0.497 e. The van der Waals surface area contributed by atoms with Crippen LogP contribution in [0.25, 0.3) is 0 Å². The average molecular weight is 607 g/mol. The summed E-state index contributed by atoms with van der Waals surface area (Å²) in [5, 5.41) is 8.67. The molecule has 0 spiro atoms. The van der Waals surface area contributed by atoms with Gasteiger partial charge in [0.2, 0.25) is 11.7 Å². The molecule has 2 heterocycles. The van der Waals surface area contributed by atoms with Gasteiger partial charge >= 0.3 is 0 Å². The van der Waals surface area contributed by atoms with Crippen LogP contribution in [0.15, 0.2) is 59.6 Å². The van der Waals surface area contributed by atoms with Gasteiger partial charge in [0.25, 0.3) is 11.8 Å². The number of benzene rings is 2. The fourth-order valence-electron chi connectivity index (χ4n) is 5.62. The minimum absolute atomic E-state index is 0.0939. The van der Waals surface area contributed by atoms with E-state index in [-0.39, 0.29) is 31.4 Å². The molecule has 3 amide bonds. The Balaban J connectivity index is 1.41.